The van der Waals surface area contributed by atoms with Gasteiger partial charge in [-0.15, -0.1) is 11.3 Å². The predicted molar refractivity (Wildman–Crippen MR) is 116 cm³/mol. The minimum absolute atomic E-state index is 0.258. The van der Waals surface area contributed by atoms with Crippen molar-refractivity contribution >= 4 is 28.4 Å². The summed E-state index contributed by atoms with van der Waals surface area (Å²) < 4.78 is 4.13. The molecule has 0 aliphatic rings. The fourth-order valence-electron chi connectivity index (χ4n) is 3.32. The summed E-state index contributed by atoms with van der Waals surface area (Å²) in [5.74, 6) is -0.393. The molecule has 3 aromatic heterocycles. The molecule has 0 atom stereocenters. The van der Waals surface area contributed by atoms with Crippen LogP contribution in [0.2, 0.25) is 0 Å². The highest BCUT2D eigenvalue weighted by Crippen LogP contribution is 2.10. The van der Waals surface area contributed by atoms with Crippen LogP contribution in [-0.4, -0.2) is 24.6 Å². The third kappa shape index (κ3) is 3.84. The first-order chi connectivity index (χ1) is 14.6. The summed E-state index contributed by atoms with van der Waals surface area (Å²) in [5, 5.41) is 4.69. The molecule has 3 heterocycles. The topological polar surface area (TPSA) is 90.9 Å². The second-order valence-corrected chi connectivity index (χ2v) is 7.84. The highest BCUT2D eigenvalue weighted by molar-refractivity contribution is 7.09. The van der Waals surface area contributed by atoms with Gasteiger partial charge in [-0.3, -0.25) is 14.2 Å². The minimum Gasteiger partial charge on any atom is -0.350 e. The van der Waals surface area contributed by atoms with E-state index in [9.17, 15) is 14.4 Å². The molecule has 0 aliphatic carbocycles. The average Bonchev–Trinajstić information content (AvgIpc) is 3.43. The number of hydrogen-bond acceptors (Lipinski definition) is 5. The van der Waals surface area contributed by atoms with Gasteiger partial charge in [-0.25, -0.2) is 14.3 Å². The van der Waals surface area contributed by atoms with Crippen LogP contribution in [0.5, 0.6) is 0 Å². The Morgan fingerprint density at radius 3 is 2.60 bits per heavy atom. The predicted octanol–water partition coefficient (Wildman–Crippen LogP) is 1.81. The van der Waals surface area contributed by atoms with Gasteiger partial charge in [-0.05, 0) is 23.9 Å². The maximum Gasteiger partial charge on any atom is 0.333 e. The van der Waals surface area contributed by atoms with Crippen LogP contribution >= 0.6 is 11.3 Å². The Hall–Kier alpha value is -3.46. The average molecular weight is 423 g/mol. The first-order valence-corrected chi connectivity index (χ1v) is 10.5. The molecule has 9 heteroatoms. The summed E-state index contributed by atoms with van der Waals surface area (Å²) in [5.41, 5.74) is 0.484. The summed E-state index contributed by atoms with van der Waals surface area (Å²) >= 11 is 1.53. The van der Waals surface area contributed by atoms with Crippen molar-refractivity contribution < 1.29 is 4.79 Å². The number of nitrogens with one attached hydrogen (secondary N) is 1. The lowest BCUT2D eigenvalue weighted by molar-refractivity contribution is -0.121. The number of fused-ring (bicyclic) bond motifs is 1. The number of imidazole rings is 1. The zero-order valence-corrected chi connectivity index (χ0v) is 17.3. The summed E-state index contributed by atoms with van der Waals surface area (Å²) in [6.45, 7) is 2.69. The third-order valence-electron chi connectivity index (χ3n) is 4.85. The van der Waals surface area contributed by atoms with Crippen LogP contribution in [0, 0.1) is 0 Å². The van der Waals surface area contributed by atoms with Crippen molar-refractivity contribution in [3.05, 3.63) is 85.5 Å². The lowest BCUT2D eigenvalue weighted by atomic mass is 10.2. The van der Waals surface area contributed by atoms with Crippen molar-refractivity contribution in [1.82, 2.24) is 24.0 Å². The van der Waals surface area contributed by atoms with E-state index in [1.807, 2.05) is 54.8 Å². The molecule has 1 aromatic carbocycles. The highest BCUT2D eigenvalue weighted by Gasteiger charge is 2.19. The summed E-state index contributed by atoms with van der Waals surface area (Å²) in [6.07, 6.45) is 1.55. The summed E-state index contributed by atoms with van der Waals surface area (Å²) in [7, 11) is 0. The number of aromatic nitrogens is 4. The zero-order valence-electron chi connectivity index (χ0n) is 16.4. The molecule has 154 valence electrons. The van der Waals surface area contributed by atoms with Gasteiger partial charge in [0.2, 0.25) is 5.91 Å². The molecule has 0 aliphatic heterocycles. The van der Waals surface area contributed by atoms with E-state index < -0.39 is 17.2 Å². The van der Waals surface area contributed by atoms with Gasteiger partial charge in [0.1, 0.15) is 6.54 Å². The molecule has 0 saturated carbocycles. The molecular weight excluding hydrogens is 402 g/mol. The van der Waals surface area contributed by atoms with Crippen molar-refractivity contribution in [2.75, 3.05) is 0 Å². The Labute approximate surface area is 176 Å². The van der Waals surface area contributed by atoms with E-state index in [4.69, 9.17) is 0 Å². The van der Waals surface area contributed by atoms with Crippen LogP contribution < -0.4 is 16.6 Å². The lowest BCUT2D eigenvalue weighted by Crippen LogP contribution is -2.44. The van der Waals surface area contributed by atoms with Crippen LogP contribution in [0.15, 0.2) is 63.8 Å². The number of aryl methyl sites for hydroxylation is 1. The molecule has 8 nitrogen and oxygen atoms in total. The number of amides is 1. The standard InChI is InChI=1S/C21H21N5O3S/c1-2-24-14-23-19-18(24)20(28)26(13-17(27)22-11-16-9-6-10-30-16)21(29)25(19)12-15-7-4-3-5-8-15/h3-10,14H,2,11-13H2,1H3,(H,22,27). The molecule has 4 aromatic rings. The Kier molecular flexibility index (Phi) is 5.62. The molecule has 0 radical (unpaired) electrons. The molecule has 1 N–H and O–H groups in total. The van der Waals surface area contributed by atoms with Crippen molar-refractivity contribution in [3.63, 3.8) is 0 Å². The number of hydrogen-bond donors (Lipinski definition) is 1. The van der Waals surface area contributed by atoms with Crippen LogP contribution in [0.25, 0.3) is 11.2 Å². The van der Waals surface area contributed by atoms with Gasteiger partial charge in [0.05, 0.1) is 19.4 Å². The van der Waals surface area contributed by atoms with Gasteiger partial charge in [-0.2, -0.15) is 0 Å². The van der Waals surface area contributed by atoms with Crippen molar-refractivity contribution in [2.45, 2.75) is 33.1 Å². The second-order valence-electron chi connectivity index (χ2n) is 6.80. The number of benzene rings is 1. The van der Waals surface area contributed by atoms with Crippen LogP contribution in [0.1, 0.15) is 17.4 Å². The van der Waals surface area contributed by atoms with E-state index >= 15 is 0 Å². The van der Waals surface area contributed by atoms with E-state index in [0.29, 0.717) is 24.3 Å². The molecule has 0 spiro atoms. The van der Waals surface area contributed by atoms with Gasteiger partial charge in [0, 0.05) is 11.4 Å². The number of thiophene rings is 1. The quantitative estimate of drug-likeness (QED) is 0.491. The van der Waals surface area contributed by atoms with E-state index in [-0.39, 0.29) is 13.1 Å². The number of nitrogens with zero attached hydrogens (tertiary/aromatic N) is 4. The Morgan fingerprint density at radius 2 is 1.90 bits per heavy atom. The first kappa shape index (κ1) is 19.8. The molecule has 0 fully saturated rings. The number of rotatable bonds is 7. The minimum atomic E-state index is -0.552. The van der Waals surface area contributed by atoms with Crippen molar-refractivity contribution in [3.8, 4) is 0 Å². The molecule has 0 bridgehead atoms. The molecule has 0 unspecified atom stereocenters. The zero-order chi connectivity index (χ0) is 21.1. The van der Waals surface area contributed by atoms with Crippen molar-refractivity contribution in [1.29, 1.82) is 0 Å². The fourth-order valence-corrected chi connectivity index (χ4v) is 3.97. The second kappa shape index (κ2) is 8.50. The maximum absolute atomic E-state index is 13.2. The van der Waals surface area contributed by atoms with E-state index in [2.05, 4.69) is 10.3 Å². The summed E-state index contributed by atoms with van der Waals surface area (Å²) in [6, 6.07) is 13.3. The van der Waals surface area contributed by atoms with Crippen LogP contribution in [0.4, 0.5) is 0 Å². The van der Waals surface area contributed by atoms with Gasteiger partial charge in [0.15, 0.2) is 11.2 Å². The highest BCUT2D eigenvalue weighted by atomic mass is 32.1. The third-order valence-corrected chi connectivity index (χ3v) is 5.73. The largest absolute Gasteiger partial charge is 0.350 e. The van der Waals surface area contributed by atoms with Gasteiger partial charge < -0.3 is 9.88 Å². The summed E-state index contributed by atoms with van der Waals surface area (Å²) in [4.78, 5) is 44.0. The smallest absolute Gasteiger partial charge is 0.333 e. The number of carbonyl (C=O) groups excluding carboxylic acids is 1. The van der Waals surface area contributed by atoms with E-state index in [1.165, 1.54) is 15.9 Å². The van der Waals surface area contributed by atoms with Crippen LogP contribution in [0.3, 0.4) is 0 Å². The molecule has 30 heavy (non-hydrogen) atoms. The fraction of sp³-hybridized carbons (Fsp3) is 0.238. The van der Waals surface area contributed by atoms with Gasteiger partial charge in [0.25, 0.3) is 5.56 Å². The Morgan fingerprint density at radius 1 is 1.10 bits per heavy atom. The van der Waals surface area contributed by atoms with Gasteiger partial charge in [-0.1, -0.05) is 36.4 Å². The van der Waals surface area contributed by atoms with Gasteiger partial charge >= 0.3 is 5.69 Å². The molecule has 4 rings (SSSR count). The normalized spacial score (nSPS) is 11.1. The molecule has 0 saturated heterocycles. The Balaban J connectivity index is 1.74. The van der Waals surface area contributed by atoms with Crippen molar-refractivity contribution in [2.24, 2.45) is 0 Å². The van der Waals surface area contributed by atoms with E-state index in [0.717, 1.165) is 15.0 Å². The molecular formula is C21H21N5O3S. The molecule has 1 amide bonds. The van der Waals surface area contributed by atoms with E-state index in [1.54, 1.807) is 10.9 Å². The SMILES string of the molecule is CCn1cnc2c1c(=O)n(CC(=O)NCc1cccs1)c(=O)n2Cc1ccccc1. The lowest BCUT2D eigenvalue weighted by Gasteiger charge is -2.12. The monoisotopic (exact) mass is 423 g/mol. The van der Waals surface area contributed by atoms with Crippen LogP contribution in [-0.2, 0) is 31.0 Å². The first-order valence-electron chi connectivity index (χ1n) is 9.60. The number of carbonyl (C=O) groups is 1. The Bertz CT molecular complexity index is 1290. The maximum atomic E-state index is 13.2.